The number of hydrogen-bond acceptors (Lipinski definition) is 3. The summed E-state index contributed by atoms with van der Waals surface area (Å²) in [6.45, 7) is 8.36. The summed E-state index contributed by atoms with van der Waals surface area (Å²) in [6.07, 6.45) is 4.08. The molecule has 1 atom stereocenters. The number of nitrogens with zero attached hydrogens (tertiary/aromatic N) is 1. The van der Waals surface area contributed by atoms with Crippen molar-refractivity contribution in [1.29, 1.82) is 0 Å². The summed E-state index contributed by atoms with van der Waals surface area (Å²) >= 11 is 0. The maximum absolute atomic E-state index is 5.71. The lowest BCUT2D eigenvalue weighted by molar-refractivity contribution is 0.0778. The average molecular weight is 214 g/mol. The van der Waals surface area contributed by atoms with E-state index in [1.54, 1.807) is 0 Å². The SMILES string of the molecule is CN(CCC(C)(C)CN)CC1CCCO1. The van der Waals surface area contributed by atoms with E-state index in [0.717, 1.165) is 32.7 Å². The molecule has 90 valence electrons. The maximum Gasteiger partial charge on any atom is 0.0702 e. The molecule has 0 aromatic heterocycles. The van der Waals surface area contributed by atoms with Gasteiger partial charge in [-0.05, 0) is 44.8 Å². The van der Waals surface area contributed by atoms with Crippen LogP contribution in [0.4, 0.5) is 0 Å². The molecule has 0 saturated carbocycles. The summed E-state index contributed by atoms with van der Waals surface area (Å²) in [5.41, 5.74) is 5.98. The van der Waals surface area contributed by atoms with Gasteiger partial charge in [0.2, 0.25) is 0 Å². The van der Waals surface area contributed by atoms with Crippen molar-refractivity contribution in [3.63, 3.8) is 0 Å². The number of ether oxygens (including phenoxy) is 1. The minimum absolute atomic E-state index is 0.269. The van der Waals surface area contributed by atoms with Gasteiger partial charge >= 0.3 is 0 Å². The van der Waals surface area contributed by atoms with Crippen LogP contribution in [0, 0.1) is 5.41 Å². The molecule has 0 aliphatic carbocycles. The average Bonchev–Trinajstić information content (AvgIpc) is 2.68. The highest BCUT2D eigenvalue weighted by molar-refractivity contribution is 4.73. The summed E-state index contributed by atoms with van der Waals surface area (Å²) in [4.78, 5) is 2.37. The largest absolute Gasteiger partial charge is 0.377 e. The summed E-state index contributed by atoms with van der Waals surface area (Å²) < 4.78 is 5.62. The zero-order chi connectivity index (χ0) is 11.3. The van der Waals surface area contributed by atoms with Gasteiger partial charge in [0.25, 0.3) is 0 Å². The Morgan fingerprint density at radius 1 is 1.47 bits per heavy atom. The highest BCUT2D eigenvalue weighted by atomic mass is 16.5. The zero-order valence-electron chi connectivity index (χ0n) is 10.5. The van der Waals surface area contributed by atoms with Crippen molar-refractivity contribution in [3.8, 4) is 0 Å². The molecule has 0 aromatic carbocycles. The van der Waals surface area contributed by atoms with Crippen molar-refractivity contribution >= 4 is 0 Å². The summed E-state index contributed by atoms with van der Waals surface area (Å²) in [5, 5.41) is 0. The van der Waals surface area contributed by atoms with E-state index in [2.05, 4.69) is 25.8 Å². The van der Waals surface area contributed by atoms with Gasteiger partial charge in [0.1, 0.15) is 0 Å². The Morgan fingerprint density at radius 2 is 2.20 bits per heavy atom. The predicted octanol–water partition coefficient (Wildman–Crippen LogP) is 1.47. The van der Waals surface area contributed by atoms with Crippen LogP contribution in [0.3, 0.4) is 0 Å². The second kappa shape index (κ2) is 5.83. The van der Waals surface area contributed by atoms with Gasteiger partial charge in [-0.2, -0.15) is 0 Å². The molecule has 3 nitrogen and oxygen atoms in total. The van der Waals surface area contributed by atoms with Gasteiger partial charge in [0, 0.05) is 13.2 Å². The molecule has 0 spiro atoms. The third-order valence-electron chi connectivity index (χ3n) is 3.26. The predicted molar refractivity (Wildman–Crippen MR) is 63.9 cm³/mol. The number of rotatable bonds is 6. The smallest absolute Gasteiger partial charge is 0.0702 e. The first-order chi connectivity index (χ1) is 7.03. The van der Waals surface area contributed by atoms with Gasteiger partial charge in [0.15, 0.2) is 0 Å². The molecule has 2 N–H and O–H groups in total. The summed E-state index contributed by atoms with van der Waals surface area (Å²) in [7, 11) is 2.17. The molecular formula is C12H26N2O. The molecule has 1 unspecified atom stereocenters. The molecule has 0 aromatic rings. The fourth-order valence-corrected chi connectivity index (χ4v) is 1.82. The Hall–Kier alpha value is -0.120. The van der Waals surface area contributed by atoms with Gasteiger partial charge < -0.3 is 15.4 Å². The van der Waals surface area contributed by atoms with Crippen molar-refractivity contribution in [2.75, 3.05) is 33.3 Å². The van der Waals surface area contributed by atoms with Crippen LogP contribution in [-0.4, -0.2) is 44.3 Å². The summed E-state index contributed by atoms with van der Waals surface area (Å²) in [6, 6.07) is 0. The molecule has 1 aliphatic rings. The van der Waals surface area contributed by atoms with Gasteiger partial charge in [-0.3, -0.25) is 0 Å². The molecule has 1 heterocycles. The Bertz CT molecular complexity index is 176. The van der Waals surface area contributed by atoms with E-state index in [-0.39, 0.29) is 5.41 Å². The normalized spacial score (nSPS) is 22.6. The van der Waals surface area contributed by atoms with Gasteiger partial charge in [-0.15, -0.1) is 0 Å². The first-order valence-corrected chi connectivity index (χ1v) is 6.04. The van der Waals surface area contributed by atoms with Crippen LogP contribution in [0.25, 0.3) is 0 Å². The van der Waals surface area contributed by atoms with Crippen LogP contribution in [0.5, 0.6) is 0 Å². The highest BCUT2D eigenvalue weighted by Crippen LogP contribution is 2.19. The molecule has 15 heavy (non-hydrogen) atoms. The van der Waals surface area contributed by atoms with E-state index in [9.17, 15) is 0 Å². The number of likely N-dealkylation sites (N-methyl/N-ethyl adjacent to an activating group) is 1. The molecule has 1 aliphatic heterocycles. The van der Waals surface area contributed by atoms with Crippen molar-refractivity contribution in [2.24, 2.45) is 11.1 Å². The fourth-order valence-electron chi connectivity index (χ4n) is 1.82. The molecule has 3 heteroatoms. The monoisotopic (exact) mass is 214 g/mol. The first kappa shape index (κ1) is 12.9. The van der Waals surface area contributed by atoms with Crippen LogP contribution < -0.4 is 5.73 Å². The maximum atomic E-state index is 5.71. The van der Waals surface area contributed by atoms with Crippen molar-refractivity contribution in [3.05, 3.63) is 0 Å². The van der Waals surface area contributed by atoms with Crippen LogP contribution in [0.1, 0.15) is 33.1 Å². The van der Waals surface area contributed by atoms with Gasteiger partial charge in [-0.25, -0.2) is 0 Å². The molecule has 1 saturated heterocycles. The third-order valence-corrected chi connectivity index (χ3v) is 3.26. The molecule has 0 amide bonds. The number of nitrogens with two attached hydrogens (primary N) is 1. The topological polar surface area (TPSA) is 38.5 Å². The van der Waals surface area contributed by atoms with Crippen LogP contribution in [0.15, 0.2) is 0 Å². The molecule has 1 rings (SSSR count). The molecular weight excluding hydrogens is 188 g/mol. The second-order valence-corrected chi connectivity index (χ2v) is 5.52. The Balaban J connectivity index is 2.15. The quantitative estimate of drug-likeness (QED) is 0.728. The standard InChI is InChI=1S/C12H26N2O/c1-12(2,10-13)6-7-14(3)9-11-5-4-8-15-11/h11H,4-10,13H2,1-3H3. The lowest BCUT2D eigenvalue weighted by Crippen LogP contribution is -2.33. The Morgan fingerprint density at radius 3 is 2.73 bits per heavy atom. The Kier molecular flexibility index (Phi) is 5.03. The van der Waals surface area contributed by atoms with E-state index in [4.69, 9.17) is 10.5 Å². The zero-order valence-corrected chi connectivity index (χ0v) is 10.5. The van der Waals surface area contributed by atoms with E-state index in [1.807, 2.05) is 0 Å². The first-order valence-electron chi connectivity index (χ1n) is 6.04. The van der Waals surface area contributed by atoms with Crippen molar-refractivity contribution in [1.82, 2.24) is 4.90 Å². The minimum Gasteiger partial charge on any atom is -0.377 e. The molecule has 1 fully saturated rings. The van der Waals surface area contributed by atoms with Crippen molar-refractivity contribution in [2.45, 2.75) is 39.2 Å². The van der Waals surface area contributed by atoms with Gasteiger partial charge in [-0.1, -0.05) is 13.8 Å². The van der Waals surface area contributed by atoms with Gasteiger partial charge in [0.05, 0.1) is 6.10 Å². The lowest BCUT2D eigenvalue weighted by atomic mass is 9.89. The van der Waals surface area contributed by atoms with E-state index in [1.165, 1.54) is 12.8 Å². The second-order valence-electron chi connectivity index (χ2n) is 5.52. The molecule has 0 radical (unpaired) electrons. The van der Waals surface area contributed by atoms with E-state index >= 15 is 0 Å². The van der Waals surface area contributed by atoms with Crippen molar-refractivity contribution < 1.29 is 4.74 Å². The third kappa shape index (κ3) is 4.96. The van der Waals surface area contributed by atoms with E-state index in [0.29, 0.717) is 6.10 Å². The lowest BCUT2D eigenvalue weighted by Gasteiger charge is -2.27. The Labute approximate surface area is 94.0 Å². The van der Waals surface area contributed by atoms with Crippen LogP contribution in [-0.2, 0) is 4.74 Å². The fraction of sp³-hybridized carbons (Fsp3) is 1.00. The van der Waals surface area contributed by atoms with E-state index < -0.39 is 0 Å². The summed E-state index contributed by atoms with van der Waals surface area (Å²) in [5.74, 6) is 0. The number of hydrogen-bond donors (Lipinski definition) is 1. The van der Waals surface area contributed by atoms with Crippen LogP contribution in [0.2, 0.25) is 0 Å². The minimum atomic E-state index is 0.269. The highest BCUT2D eigenvalue weighted by Gasteiger charge is 2.20. The molecule has 0 bridgehead atoms. The van der Waals surface area contributed by atoms with Crippen LogP contribution >= 0.6 is 0 Å².